The van der Waals surface area contributed by atoms with Crippen LogP contribution >= 0.6 is 38.5 Å². The first-order valence-electron chi connectivity index (χ1n) is 44.0. The van der Waals surface area contributed by atoms with Gasteiger partial charge in [-0.15, -0.1) is 4.91 Å². The maximum Gasteiger partial charge on any atom is 0.495 e. The largest absolute Gasteiger partial charge is 0.495 e. The molecule has 0 amide bonds. The van der Waals surface area contributed by atoms with E-state index in [1.165, 1.54) is 16.7 Å². The third-order valence-electron chi connectivity index (χ3n) is 24.7. The fraction of sp³-hybridized carbons (Fsp3) is 0.116. The van der Waals surface area contributed by atoms with E-state index < -0.39 is 22.2 Å². The molecule has 1 fully saturated rings. The van der Waals surface area contributed by atoms with Gasteiger partial charge >= 0.3 is 7.12 Å². The van der Waals surface area contributed by atoms with Crippen LogP contribution in [0.2, 0.25) is 0 Å². The summed E-state index contributed by atoms with van der Waals surface area (Å²) in [5.41, 5.74) is 29.4. The van der Waals surface area contributed by atoms with Crippen molar-refractivity contribution >= 4 is 137 Å². The monoisotopic (exact) mass is 1940 g/mol. The van der Waals surface area contributed by atoms with E-state index in [0.29, 0.717) is 11.6 Å². The number of pyridine rings is 9. The van der Waals surface area contributed by atoms with Crippen LogP contribution in [0.5, 0.6) is 0 Å². The van der Waals surface area contributed by atoms with E-state index in [2.05, 4.69) is 414 Å². The average molecular weight is 1940 g/mol. The zero-order valence-corrected chi connectivity index (χ0v) is 79.1. The van der Waals surface area contributed by atoms with Crippen molar-refractivity contribution in [2.75, 3.05) is 11.5 Å². The predicted octanol–water partition coefficient (Wildman–Crippen LogP) is 24.4. The zero-order valence-electron chi connectivity index (χ0n) is 75.3. The summed E-state index contributed by atoms with van der Waals surface area (Å²) in [7, 11) is -0.365. The highest BCUT2D eigenvalue weighted by Gasteiger charge is 2.52. The molecule has 0 spiro atoms. The van der Waals surface area contributed by atoms with E-state index >= 15 is 0 Å². The van der Waals surface area contributed by atoms with E-state index in [9.17, 15) is 4.91 Å². The Labute approximate surface area is 807 Å². The van der Waals surface area contributed by atoms with Crippen molar-refractivity contribution < 1.29 is 14.1 Å². The Balaban J connectivity index is 0.000000126. The molecule has 22 rings (SSSR count). The number of anilines is 2. The van der Waals surface area contributed by atoms with Gasteiger partial charge in [0.1, 0.15) is 59.1 Å². The van der Waals surface area contributed by atoms with Crippen LogP contribution in [-0.4, -0.2) is 90.9 Å². The molecule has 19 nitrogen and oxygen atoms in total. The van der Waals surface area contributed by atoms with E-state index in [1.54, 1.807) is 39.2 Å². The van der Waals surface area contributed by atoms with Gasteiger partial charge in [-0.3, -0.25) is 19.9 Å². The first-order valence-corrected chi connectivity index (χ1v) is 45.9. The summed E-state index contributed by atoms with van der Waals surface area (Å²) < 4.78 is 20.7. The minimum Gasteiger partial charge on any atom is -0.399 e. The van der Waals surface area contributed by atoms with Crippen molar-refractivity contribution in [3.63, 3.8) is 0 Å². The summed E-state index contributed by atoms with van der Waals surface area (Å²) in [5, 5.41) is 8.64. The van der Waals surface area contributed by atoms with Gasteiger partial charge in [-0.1, -0.05) is 273 Å². The van der Waals surface area contributed by atoms with Gasteiger partial charge in [-0.25, -0.2) is 24.9 Å². The van der Waals surface area contributed by atoms with Gasteiger partial charge in [-0.2, -0.15) is 0 Å². The van der Waals surface area contributed by atoms with Gasteiger partial charge in [-0.05, 0) is 234 Å². The molecule has 1 aliphatic rings. The number of nitrogens with zero attached hydrogens (tertiary/aromatic N) is 13. The fourth-order valence-electron chi connectivity index (χ4n) is 18.2. The smallest absolute Gasteiger partial charge is 0.399 e. The SMILES string of the molecule is Brc1ccc2c3cnccc3n(C(c3ccccc3)(c3ccccc3)c3ccccc3)c2n1.CC(C)(C)ON=O.CC1(C)OB(c2ccnc(N)c2)OC1(C)C.Ic1cc(-c2ccc3c4cnccc4n(C(c4ccccc4)(c4ccccc4)c4ccccc4)c3n2)ccn1.Nc1cc(-c2ccc3c4cnccc4n(C(c4ccccc4)(c4ccccc4)c4ccccc4)c3n2)ccn1.[B]. The highest BCUT2D eigenvalue weighted by atomic mass is 127. The molecule has 0 atom stereocenters. The number of benzene rings is 9. The molecule has 12 aromatic heterocycles. The lowest BCUT2D eigenvalue weighted by Crippen LogP contribution is -2.41. The minimum atomic E-state index is -0.714. The van der Waals surface area contributed by atoms with Crippen LogP contribution in [-0.2, 0) is 30.8 Å². The van der Waals surface area contributed by atoms with Gasteiger partial charge in [0.2, 0.25) is 0 Å². The second kappa shape index (κ2) is 39.4. The van der Waals surface area contributed by atoms with E-state index in [-0.39, 0.29) is 26.7 Å². The number of nitrogen functional groups attached to an aromatic ring is 2. The molecule has 1 aliphatic heterocycles. The Morgan fingerprint density at radius 3 is 0.933 bits per heavy atom. The van der Waals surface area contributed by atoms with E-state index in [1.807, 2.05) is 107 Å². The number of halogens is 2. The molecular formula is C112H94B2BrIN15O4. The Hall–Kier alpha value is -15.0. The molecule has 0 aliphatic carbocycles. The summed E-state index contributed by atoms with van der Waals surface area (Å²) in [5.74, 6) is 0.943. The Morgan fingerprint density at radius 1 is 0.356 bits per heavy atom. The molecule has 9 aromatic carbocycles. The van der Waals surface area contributed by atoms with Crippen LogP contribution < -0.4 is 16.9 Å². The third kappa shape index (κ3) is 17.9. The standard InChI is InChI=1S/C34H23IN4.C34H25N5.C29H20BrN3.C11H17BN2O2.C4H9NO2.B/c2*35-32-22-24(18-21-37-32)30-17-16-28-29-23-36-20-19-31(29)39(33(28)38-30)34(25-10-4-1-5-11-25,26-12-6-2-7-13-26)27-14-8-3-9-15-27;30-27-17-16-24-25-20-31-19-18-26(25)33(28(24)32-27)29(21-10-4-1-5-11-21,22-12-6-2-7-13-22)23-14-8-3-9-15-23;1-10(2)11(3,4)16-12(15-10)8-5-6-14-9(13)7-8;1-4(2,3)7-5-6;/h1-23H;1-23H,(H2,35,37);1-20H;5-7H,1-4H3,(H2,13,14);1-3H3;. The van der Waals surface area contributed by atoms with Crippen molar-refractivity contribution in [3.8, 4) is 22.5 Å². The first kappa shape index (κ1) is 91.9. The predicted molar refractivity (Wildman–Crippen MR) is 557 cm³/mol. The number of fused-ring (bicyclic) bond motifs is 9. The summed E-state index contributed by atoms with van der Waals surface area (Å²) in [6.45, 7) is 13.4. The van der Waals surface area contributed by atoms with Crippen molar-refractivity contribution in [2.24, 2.45) is 5.34 Å². The molecule has 23 heteroatoms. The van der Waals surface area contributed by atoms with Gasteiger partial charge in [0.25, 0.3) is 0 Å². The van der Waals surface area contributed by atoms with Crippen LogP contribution in [0.15, 0.2) is 430 Å². The van der Waals surface area contributed by atoms with Gasteiger partial charge in [0.05, 0.1) is 39.1 Å². The second-order valence-electron chi connectivity index (χ2n) is 34.5. The van der Waals surface area contributed by atoms with E-state index in [4.69, 9.17) is 35.7 Å². The van der Waals surface area contributed by atoms with Crippen LogP contribution in [0, 0.1) is 8.61 Å². The summed E-state index contributed by atoms with van der Waals surface area (Å²) in [6.07, 6.45) is 16.6. The maximum absolute atomic E-state index is 9.35. The minimum absolute atomic E-state index is 0. The van der Waals surface area contributed by atoms with Gasteiger partial charge in [0.15, 0.2) is 5.34 Å². The molecule has 135 heavy (non-hydrogen) atoms. The second-order valence-corrected chi connectivity index (χ2v) is 36.4. The topological polar surface area (TPSA) is 240 Å². The van der Waals surface area contributed by atoms with Crippen LogP contribution in [0.25, 0.3) is 88.3 Å². The van der Waals surface area contributed by atoms with Gasteiger partial charge in [0, 0.05) is 108 Å². The maximum atomic E-state index is 9.35. The number of hydrogen-bond acceptors (Lipinski definition) is 16. The fourth-order valence-corrected chi connectivity index (χ4v) is 19.0. The average Bonchev–Trinajstić information content (AvgIpc) is 1.56. The molecule has 13 heterocycles. The lowest BCUT2D eigenvalue weighted by molar-refractivity contribution is -0.00230. The van der Waals surface area contributed by atoms with Crippen LogP contribution in [0.1, 0.15) is 98.5 Å². The molecule has 0 unspecified atom stereocenters. The summed E-state index contributed by atoms with van der Waals surface area (Å²) in [6, 6.07) is 127. The molecule has 4 N–H and O–H groups in total. The molecular weight excluding hydrogens is 1850 g/mol. The lowest BCUT2D eigenvalue weighted by atomic mass is 9.76. The van der Waals surface area contributed by atoms with Crippen molar-refractivity contribution in [3.05, 3.63) is 483 Å². The first-order chi connectivity index (χ1) is 65.2. The number of rotatable bonds is 16. The highest BCUT2D eigenvalue weighted by molar-refractivity contribution is 14.1. The summed E-state index contributed by atoms with van der Waals surface area (Å²) in [4.78, 5) is 55.3. The molecule has 3 radical (unpaired) electrons. The van der Waals surface area contributed by atoms with Crippen molar-refractivity contribution in [2.45, 2.75) is 81.9 Å². The van der Waals surface area contributed by atoms with Crippen LogP contribution in [0.4, 0.5) is 11.6 Å². The zero-order chi connectivity index (χ0) is 92.6. The molecule has 0 bridgehead atoms. The van der Waals surface area contributed by atoms with Crippen molar-refractivity contribution in [1.29, 1.82) is 0 Å². The number of hydrogen-bond donors (Lipinski definition) is 2. The van der Waals surface area contributed by atoms with E-state index in [0.717, 1.165) is 135 Å². The molecule has 0 saturated carbocycles. The Bertz CT molecular complexity index is 7100. The summed E-state index contributed by atoms with van der Waals surface area (Å²) >= 11 is 5.87. The van der Waals surface area contributed by atoms with Gasteiger partial charge < -0.3 is 39.3 Å². The number of aromatic nitrogens is 12. The highest BCUT2D eigenvalue weighted by Crippen LogP contribution is 2.51. The van der Waals surface area contributed by atoms with Crippen LogP contribution in [0.3, 0.4) is 0 Å². The quantitative estimate of drug-likeness (QED) is 0.0228. The lowest BCUT2D eigenvalue weighted by Gasteiger charge is -2.38. The Kier molecular flexibility index (Phi) is 26.8. The Morgan fingerprint density at radius 2 is 0.644 bits per heavy atom. The van der Waals surface area contributed by atoms with Crippen molar-refractivity contribution in [1.82, 2.24) is 58.6 Å². The molecule has 21 aromatic rings. The number of nitrogens with two attached hydrogens (primary N) is 2. The normalized spacial score (nSPS) is 12.9. The third-order valence-corrected chi connectivity index (χ3v) is 25.7. The molecule has 661 valence electrons. The molecule has 1 saturated heterocycles.